The second-order valence-corrected chi connectivity index (χ2v) is 6.36. The maximum Gasteiger partial charge on any atom is 0.240 e. The molecule has 0 aliphatic carbocycles. The summed E-state index contributed by atoms with van der Waals surface area (Å²) in [5.74, 6) is 0. The quantitative estimate of drug-likeness (QED) is 0.813. The molecule has 0 amide bonds. The molecule has 1 aliphatic heterocycles. The van der Waals surface area contributed by atoms with Gasteiger partial charge in [-0.3, -0.25) is 0 Å². The number of hydrogen-bond acceptors (Lipinski definition) is 4. The van der Waals surface area contributed by atoms with E-state index in [0.29, 0.717) is 18.0 Å². The molecule has 0 saturated carbocycles. The lowest BCUT2D eigenvalue weighted by Crippen LogP contribution is -2.32. The second-order valence-electron chi connectivity index (χ2n) is 4.62. The lowest BCUT2D eigenvalue weighted by atomic mass is 10.2. The molecule has 1 saturated heterocycles. The minimum absolute atomic E-state index is 0.00578. The molecule has 1 fully saturated rings. The summed E-state index contributed by atoms with van der Waals surface area (Å²) in [4.78, 5) is 0.336. The van der Waals surface area contributed by atoms with Gasteiger partial charge < -0.3 is 10.1 Å². The molecule has 1 heterocycles. The van der Waals surface area contributed by atoms with E-state index in [2.05, 4.69) is 10.0 Å². The Morgan fingerprint density at radius 1 is 1.37 bits per heavy atom. The SMILES string of the molecule is CNCc1ccccc1S(=O)(=O)NCC1CCCO1. The number of sulfonamides is 1. The maximum atomic E-state index is 12.3. The van der Waals surface area contributed by atoms with Crippen LogP contribution in [0.5, 0.6) is 0 Å². The van der Waals surface area contributed by atoms with Crippen molar-refractivity contribution in [2.75, 3.05) is 20.2 Å². The summed E-state index contributed by atoms with van der Waals surface area (Å²) in [6.45, 7) is 1.59. The van der Waals surface area contributed by atoms with E-state index in [1.54, 1.807) is 19.2 Å². The standard InChI is InChI=1S/C13H20N2O3S/c1-14-9-11-5-2-3-7-13(11)19(16,17)15-10-12-6-4-8-18-12/h2-3,5,7,12,14-15H,4,6,8-10H2,1H3. The predicted molar refractivity (Wildman–Crippen MR) is 73.4 cm³/mol. The van der Waals surface area contributed by atoms with Crippen molar-refractivity contribution in [3.63, 3.8) is 0 Å². The fourth-order valence-corrected chi connectivity index (χ4v) is 3.49. The Morgan fingerprint density at radius 2 is 2.16 bits per heavy atom. The number of hydrogen-bond donors (Lipinski definition) is 2. The maximum absolute atomic E-state index is 12.3. The van der Waals surface area contributed by atoms with Crippen molar-refractivity contribution in [2.45, 2.75) is 30.4 Å². The van der Waals surface area contributed by atoms with E-state index in [0.717, 1.165) is 25.0 Å². The van der Waals surface area contributed by atoms with Crippen LogP contribution >= 0.6 is 0 Å². The van der Waals surface area contributed by atoms with Gasteiger partial charge in [-0.2, -0.15) is 0 Å². The lowest BCUT2D eigenvalue weighted by molar-refractivity contribution is 0.114. The fraction of sp³-hybridized carbons (Fsp3) is 0.538. The topological polar surface area (TPSA) is 67.4 Å². The summed E-state index contributed by atoms with van der Waals surface area (Å²) < 4.78 is 32.6. The third-order valence-electron chi connectivity index (χ3n) is 3.15. The van der Waals surface area contributed by atoms with Gasteiger partial charge >= 0.3 is 0 Å². The smallest absolute Gasteiger partial charge is 0.240 e. The van der Waals surface area contributed by atoms with Crippen molar-refractivity contribution in [3.8, 4) is 0 Å². The molecule has 1 aliphatic rings. The number of nitrogens with one attached hydrogen (secondary N) is 2. The molecule has 2 N–H and O–H groups in total. The van der Waals surface area contributed by atoms with Crippen molar-refractivity contribution in [1.82, 2.24) is 10.0 Å². The zero-order valence-corrected chi connectivity index (χ0v) is 11.9. The molecule has 106 valence electrons. The van der Waals surface area contributed by atoms with Crippen LogP contribution in [0.2, 0.25) is 0 Å². The highest BCUT2D eigenvalue weighted by atomic mass is 32.2. The molecule has 0 radical (unpaired) electrons. The van der Waals surface area contributed by atoms with Crippen molar-refractivity contribution in [3.05, 3.63) is 29.8 Å². The van der Waals surface area contributed by atoms with Gasteiger partial charge in [0.25, 0.3) is 0 Å². The molecule has 1 aromatic rings. The zero-order chi connectivity index (χ0) is 13.7. The number of benzene rings is 1. The van der Waals surface area contributed by atoms with E-state index in [9.17, 15) is 8.42 Å². The van der Waals surface area contributed by atoms with Gasteiger partial charge in [0.05, 0.1) is 11.0 Å². The average Bonchev–Trinajstić information content (AvgIpc) is 2.91. The van der Waals surface area contributed by atoms with Crippen LogP contribution in [0.3, 0.4) is 0 Å². The largest absolute Gasteiger partial charge is 0.377 e. The van der Waals surface area contributed by atoms with Crippen LogP contribution in [0.4, 0.5) is 0 Å². The van der Waals surface area contributed by atoms with E-state index in [4.69, 9.17) is 4.74 Å². The molecule has 6 heteroatoms. The summed E-state index contributed by atoms with van der Waals surface area (Å²) in [5.41, 5.74) is 0.768. The van der Waals surface area contributed by atoms with Crippen LogP contribution in [0.15, 0.2) is 29.2 Å². The van der Waals surface area contributed by atoms with Gasteiger partial charge in [-0.15, -0.1) is 0 Å². The first-order valence-corrected chi connectivity index (χ1v) is 7.95. The minimum Gasteiger partial charge on any atom is -0.377 e. The number of rotatable bonds is 6. The van der Waals surface area contributed by atoms with Gasteiger partial charge in [0.2, 0.25) is 10.0 Å². The van der Waals surface area contributed by atoms with Crippen molar-refractivity contribution >= 4 is 10.0 Å². The highest BCUT2D eigenvalue weighted by Crippen LogP contribution is 2.16. The van der Waals surface area contributed by atoms with Crippen molar-refractivity contribution < 1.29 is 13.2 Å². The first-order valence-electron chi connectivity index (χ1n) is 6.47. The van der Waals surface area contributed by atoms with Crippen LogP contribution in [-0.4, -0.2) is 34.7 Å². The van der Waals surface area contributed by atoms with Crippen molar-refractivity contribution in [1.29, 1.82) is 0 Å². The Labute approximate surface area is 114 Å². The average molecular weight is 284 g/mol. The molecule has 1 atom stereocenters. The van der Waals surface area contributed by atoms with Crippen LogP contribution in [0.25, 0.3) is 0 Å². The highest BCUT2D eigenvalue weighted by Gasteiger charge is 2.21. The van der Waals surface area contributed by atoms with E-state index >= 15 is 0 Å². The molecule has 1 unspecified atom stereocenters. The van der Waals surface area contributed by atoms with Gasteiger partial charge in [0.1, 0.15) is 0 Å². The Morgan fingerprint density at radius 3 is 2.84 bits per heavy atom. The molecule has 0 bridgehead atoms. The molecule has 1 aromatic carbocycles. The Hall–Kier alpha value is -0.950. The van der Waals surface area contributed by atoms with E-state index < -0.39 is 10.0 Å². The molecule has 2 rings (SSSR count). The predicted octanol–water partition coefficient (Wildman–Crippen LogP) is 0.863. The summed E-state index contributed by atoms with van der Waals surface area (Å²) in [6.07, 6.45) is 1.93. The normalized spacial score (nSPS) is 19.7. The molecule has 5 nitrogen and oxygen atoms in total. The molecular weight excluding hydrogens is 264 g/mol. The van der Waals surface area contributed by atoms with Crippen molar-refractivity contribution in [2.24, 2.45) is 0 Å². The highest BCUT2D eigenvalue weighted by molar-refractivity contribution is 7.89. The molecular formula is C13H20N2O3S. The first-order chi connectivity index (χ1) is 9.13. The van der Waals surface area contributed by atoms with Gasteiger partial charge in [-0.05, 0) is 31.5 Å². The fourth-order valence-electron chi connectivity index (χ4n) is 2.19. The Balaban J connectivity index is 2.09. The Bertz CT molecular complexity index is 510. The minimum atomic E-state index is -3.47. The summed E-state index contributed by atoms with van der Waals surface area (Å²) in [7, 11) is -1.68. The second kappa shape index (κ2) is 6.47. The third kappa shape index (κ3) is 3.76. The lowest BCUT2D eigenvalue weighted by Gasteiger charge is -2.13. The van der Waals surface area contributed by atoms with E-state index in [1.165, 1.54) is 0 Å². The summed E-state index contributed by atoms with van der Waals surface area (Å²) in [6, 6.07) is 7.02. The van der Waals surface area contributed by atoms with Crippen LogP contribution in [-0.2, 0) is 21.3 Å². The van der Waals surface area contributed by atoms with E-state index in [1.807, 2.05) is 12.1 Å². The number of ether oxygens (including phenoxy) is 1. The zero-order valence-electron chi connectivity index (χ0n) is 11.1. The molecule has 0 spiro atoms. The summed E-state index contributed by atoms with van der Waals surface area (Å²) in [5, 5.41) is 2.98. The monoisotopic (exact) mass is 284 g/mol. The van der Waals surface area contributed by atoms with Gasteiger partial charge in [-0.1, -0.05) is 18.2 Å². The third-order valence-corrected chi connectivity index (χ3v) is 4.68. The Kier molecular flexibility index (Phi) is 4.93. The molecule has 19 heavy (non-hydrogen) atoms. The van der Waals surface area contributed by atoms with Crippen LogP contribution in [0, 0.1) is 0 Å². The first kappa shape index (κ1) is 14.5. The van der Waals surface area contributed by atoms with Gasteiger partial charge in [0, 0.05) is 19.7 Å². The van der Waals surface area contributed by atoms with Crippen LogP contribution < -0.4 is 10.0 Å². The summed E-state index contributed by atoms with van der Waals surface area (Å²) >= 11 is 0. The van der Waals surface area contributed by atoms with Gasteiger partial charge in [-0.25, -0.2) is 13.1 Å². The van der Waals surface area contributed by atoms with Crippen LogP contribution in [0.1, 0.15) is 18.4 Å². The van der Waals surface area contributed by atoms with E-state index in [-0.39, 0.29) is 6.10 Å². The molecule has 0 aromatic heterocycles. The van der Waals surface area contributed by atoms with Gasteiger partial charge in [0.15, 0.2) is 0 Å².